The molecule has 1 aromatic carbocycles. The zero-order valence-corrected chi connectivity index (χ0v) is 12.8. The molecule has 1 fully saturated rings. The third kappa shape index (κ3) is 3.26. The van der Waals surface area contributed by atoms with E-state index < -0.39 is 0 Å². The minimum Gasteiger partial charge on any atom is -0.370 e. The van der Waals surface area contributed by atoms with Crippen molar-refractivity contribution in [1.29, 1.82) is 0 Å². The summed E-state index contributed by atoms with van der Waals surface area (Å²) in [7, 11) is 0. The monoisotopic (exact) mass is 321 g/mol. The SMILES string of the molecule is C[C@@H]1CO[C@H](c2cccc(Cl)c2)CN1C(=O)Cn1cnnn1. The van der Waals surface area contributed by atoms with Crippen LogP contribution in [0.4, 0.5) is 0 Å². The van der Waals surface area contributed by atoms with Gasteiger partial charge in [-0.1, -0.05) is 23.7 Å². The maximum Gasteiger partial charge on any atom is 0.244 e. The first-order valence-corrected chi connectivity index (χ1v) is 7.38. The Balaban J connectivity index is 1.72. The highest BCUT2D eigenvalue weighted by Crippen LogP contribution is 2.26. The lowest BCUT2D eigenvalue weighted by atomic mass is 10.1. The standard InChI is InChI=1S/C14H16ClN5O2/c1-10-8-22-13(11-3-2-4-12(15)5-11)6-20(10)14(21)7-19-9-16-17-18-19/h2-5,9-10,13H,6-8H2,1H3/t10-,13+/m1/s1. The molecular weight excluding hydrogens is 306 g/mol. The van der Waals surface area contributed by atoms with Gasteiger partial charge in [0.15, 0.2) is 0 Å². The highest BCUT2D eigenvalue weighted by Gasteiger charge is 2.30. The Hall–Kier alpha value is -1.99. The van der Waals surface area contributed by atoms with Gasteiger partial charge in [0.25, 0.3) is 0 Å². The number of nitrogens with zero attached hydrogens (tertiary/aromatic N) is 5. The maximum absolute atomic E-state index is 12.4. The highest BCUT2D eigenvalue weighted by molar-refractivity contribution is 6.30. The number of hydrogen-bond donors (Lipinski definition) is 0. The van der Waals surface area contributed by atoms with Crippen molar-refractivity contribution in [1.82, 2.24) is 25.1 Å². The van der Waals surface area contributed by atoms with Gasteiger partial charge in [0.2, 0.25) is 5.91 Å². The summed E-state index contributed by atoms with van der Waals surface area (Å²) < 4.78 is 7.26. The van der Waals surface area contributed by atoms with Crippen molar-refractivity contribution in [2.24, 2.45) is 0 Å². The maximum atomic E-state index is 12.4. The minimum absolute atomic E-state index is 0.0133. The van der Waals surface area contributed by atoms with E-state index in [4.69, 9.17) is 16.3 Å². The molecule has 0 radical (unpaired) electrons. The van der Waals surface area contributed by atoms with Crippen LogP contribution in [0.2, 0.25) is 5.02 Å². The van der Waals surface area contributed by atoms with Crippen LogP contribution in [0.3, 0.4) is 0 Å². The molecule has 0 spiro atoms. The summed E-state index contributed by atoms with van der Waals surface area (Å²) in [5.74, 6) is -0.0323. The quantitative estimate of drug-likeness (QED) is 0.852. The number of carbonyl (C=O) groups is 1. The second-order valence-corrected chi connectivity index (χ2v) is 5.72. The van der Waals surface area contributed by atoms with Gasteiger partial charge in [-0.15, -0.1) is 5.10 Å². The molecule has 1 aliphatic rings. The van der Waals surface area contributed by atoms with Crippen LogP contribution >= 0.6 is 11.6 Å². The van der Waals surface area contributed by atoms with E-state index >= 15 is 0 Å². The molecule has 8 heteroatoms. The van der Waals surface area contributed by atoms with Crippen LogP contribution in [0.25, 0.3) is 0 Å². The van der Waals surface area contributed by atoms with E-state index in [2.05, 4.69) is 15.5 Å². The van der Waals surface area contributed by atoms with Crippen LogP contribution in [-0.2, 0) is 16.1 Å². The largest absolute Gasteiger partial charge is 0.370 e. The molecule has 116 valence electrons. The number of rotatable bonds is 3. The molecule has 22 heavy (non-hydrogen) atoms. The van der Waals surface area contributed by atoms with Gasteiger partial charge in [-0.05, 0) is 35.0 Å². The lowest BCUT2D eigenvalue weighted by molar-refractivity contribution is -0.145. The summed E-state index contributed by atoms with van der Waals surface area (Å²) in [6, 6.07) is 7.53. The predicted molar refractivity (Wildman–Crippen MR) is 79.1 cm³/mol. The van der Waals surface area contributed by atoms with Crippen molar-refractivity contribution in [2.75, 3.05) is 13.2 Å². The third-order valence-electron chi connectivity index (χ3n) is 3.66. The molecule has 3 rings (SSSR count). The summed E-state index contributed by atoms with van der Waals surface area (Å²) in [4.78, 5) is 14.2. The molecule has 2 atom stereocenters. The van der Waals surface area contributed by atoms with Gasteiger partial charge in [-0.2, -0.15) is 0 Å². The second-order valence-electron chi connectivity index (χ2n) is 5.28. The van der Waals surface area contributed by atoms with Crippen LogP contribution in [0.1, 0.15) is 18.6 Å². The number of morpholine rings is 1. The number of tetrazole rings is 1. The predicted octanol–water partition coefficient (Wildman–Crippen LogP) is 1.32. The number of hydrogen-bond acceptors (Lipinski definition) is 5. The Kier molecular flexibility index (Phi) is 4.35. The zero-order chi connectivity index (χ0) is 15.5. The topological polar surface area (TPSA) is 73.1 Å². The van der Waals surface area contributed by atoms with Crippen LogP contribution < -0.4 is 0 Å². The van der Waals surface area contributed by atoms with Crippen LogP contribution in [-0.4, -0.2) is 50.2 Å². The number of carbonyl (C=O) groups excluding carboxylic acids is 1. The van der Waals surface area contributed by atoms with Crippen molar-refractivity contribution in [2.45, 2.75) is 25.6 Å². The molecule has 0 unspecified atom stereocenters. The van der Waals surface area contributed by atoms with E-state index in [-0.39, 0.29) is 24.6 Å². The molecule has 1 aromatic heterocycles. The van der Waals surface area contributed by atoms with Crippen LogP contribution in [0, 0.1) is 0 Å². The van der Waals surface area contributed by atoms with Crippen LogP contribution in [0.5, 0.6) is 0 Å². The van der Waals surface area contributed by atoms with Crippen molar-refractivity contribution in [3.63, 3.8) is 0 Å². The molecular formula is C14H16ClN5O2. The third-order valence-corrected chi connectivity index (χ3v) is 3.90. The van der Waals surface area contributed by atoms with Crippen LogP contribution in [0.15, 0.2) is 30.6 Å². The van der Waals surface area contributed by atoms with Crippen molar-refractivity contribution < 1.29 is 9.53 Å². The Bertz CT molecular complexity index is 648. The summed E-state index contributed by atoms with van der Waals surface area (Å²) >= 11 is 6.02. The number of amides is 1. The van der Waals surface area contributed by atoms with E-state index in [1.807, 2.05) is 31.2 Å². The first-order chi connectivity index (χ1) is 10.6. The molecule has 7 nitrogen and oxygen atoms in total. The Morgan fingerprint density at radius 1 is 1.50 bits per heavy atom. The zero-order valence-electron chi connectivity index (χ0n) is 12.1. The van der Waals surface area contributed by atoms with Crippen molar-refractivity contribution >= 4 is 17.5 Å². The van der Waals surface area contributed by atoms with E-state index in [1.54, 1.807) is 4.90 Å². The molecule has 2 aromatic rings. The summed E-state index contributed by atoms with van der Waals surface area (Å²) in [6.45, 7) is 3.06. The van der Waals surface area contributed by atoms with E-state index in [9.17, 15) is 4.79 Å². The highest BCUT2D eigenvalue weighted by atomic mass is 35.5. The van der Waals surface area contributed by atoms with Gasteiger partial charge < -0.3 is 9.64 Å². The summed E-state index contributed by atoms with van der Waals surface area (Å²) in [5, 5.41) is 11.5. The van der Waals surface area contributed by atoms with Gasteiger partial charge in [-0.25, -0.2) is 4.68 Å². The van der Waals surface area contributed by atoms with E-state index in [0.29, 0.717) is 18.2 Å². The number of ether oxygens (including phenoxy) is 1. The molecule has 2 heterocycles. The Morgan fingerprint density at radius 2 is 2.36 bits per heavy atom. The fourth-order valence-corrected chi connectivity index (χ4v) is 2.69. The molecule has 0 N–H and O–H groups in total. The van der Waals surface area contributed by atoms with Crippen molar-refractivity contribution in [3.8, 4) is 0 Å². The first kappa shape index (κ1) is 14.9. The van der Waals surface area contributed by atoms with Gasteiger partial charge in [0.1, 0.15) is 19.0 Å². The van der Waals surface area contributed by atoms with E-state index in [1.165, 1.54) is 11.0 Å². The van der Waals surface area contributed by atoms with Crippen molar-refractivity contribution in [3.05, 3.63) is 41.2 Å². The Morgan fingerprint density at radius 3 is 3.09 bits per heavy atom. The summed E-state index contributed by atoms with van der Waals surface area (Å²) in [5.41, 5.74) is 0.972. The van der Waals surface area contributed by atoms with Gasteiger partial charge in [0.05, 0.1) is 19.2 Å². The molecule has 1 amide bonds. The fraction of sp³-hybridized carbons (Fsp3) is 0.429. The lowest BCUT2D eigenvalue weighted by Gasteiger charge is -2.38. The molecule has 0 aliphatic carbocycles. The minimum atomic E-state index is -0.173. The number of halogens is 1. The average Bonchev–Trinajstić information content (AvgIpc) is 3.00. The number of benzene rings is 1. The van der Waals surface area contributed by atoms with Gasteiger partial charge in [-0.3, -0.25) is 4.79 Å². The molecule has 1 aliphatic heterocycles. The fourth-order valence-electron chi connectivity index (χ4n) is 2.49. The average molecular weight is 322 g/mol. The summed E-state index contributed by atoms with van der Waals surface area (Å²) in [6.07, 6.45) is 1.25. The second kappa shape index (κ2) is 6.41. The molecule has 0 saturated carbocycles. The van der Waals surface area contributed by atoms with Gasteiger partial charge in [0, 0.05) is 5.02 Å². The first-order valence-electron chi connectivity index (χ1n) is 7.01. The number of aromatic nitrogens is 4. The van der Waals surface area contributed by atoms with E-state index in [0.717, 1.165) is 5.56 Å². The molecule has 1 saturated heterocycles. The molecule has 0 bridgehead atoms. The van der Waals surface area contributed by atoms with Gasteiger partial charge >= 0.3 is 0 Å². The lowest BCUT2D eigenvalue weighted by Crippen LogP contribution is -2.49. The Labute approximate surface area is 132 Å². The smallest absolute Gasteiger partial charge is 0.244 e. The normalized spacial score (nSPS) is 21.8.